The van der Waals surface area contributed by atoms with Crippen molar-refractivity contribution in [1.29, 1.82) is 0 Å². The molecular formula is C13H13BrFNO. The van der Waals surface area contributed by atoms with E-state index in [4.69, 9.17) is 4.42 Å². The Labute approximate surface area is 108 Å². The van der Waals surface area contributed by atoms with Crippen LogP contribution >= 0.6 is 15.9 Å². The van der Waals surface area contributed by atoms with E-state index in [1.54, 1.807) is 6.07 Å². The van der Waals surface area contributed by atoms with Gasteiger partial charge in [-0.1, -0.05) is 6.07 Å². The molecular weight excluding hydrogens is 285 g/mol. The Morgan fingerprint density at radius 3 is 2.71 bits per heavy atom. The maximum Gasteiger partial charge on any atom is 0.169 e. The van der Waals surface area contributed by atoms with Gasteiger partial charge in [-0.2, -0.15) is 0 Å². The first kappa shape index (κ1) is 12.2. The van der Waals surface area contributed by atoms with Crippen molar-refractivity contribution >= 4 is 21.6 Å². The van der Waals surface area contributed by atoms with Gasteiger partial charge in [0.25, 0.3) is 0 Å². The molecule has 2 nitrogen and oxygen atoms in total. The van der Waals surface area contributed by atoms with Gasteiger partial charge in [-0.3, -0.25) is 0 Å². The van der Waals surface area contributed by atoms with Gasteiger partial charge >= 0.3 is 0 Å². The van der Waals surface area contributed by atoms with Crippen LogP contribution in [0.5, 0.6) is 0 Å². The molecule has 0 spiro atoms. The second kappa shape index (κ2) is 4.92. The van der Waals surface area contributed by atoms with Gasteiger partial charge in [0.1, 0.15) is 11.6 Å². The number of aryl methyl sites for hydroxylation is 1. The quantitative estimate of drug-likeness (QED) is 0.891. The van der Waals surface area contributed by atoms with Crippen LogP contribution in [-0.4, -0.2) is 0 Å². The van der Waals surface area contributed by atoms with E-state index in [1.807, 2.05) is 26.0 Å². The Morgan fingerprint density at radius 2 is 2.06 bits per heavy atom. The molecule has 1 unspecified atom stereocenters. The van der Waals surface area contributed by atoms with E-state index >= 15 is 0 Å². The summed E-state index contributed by atoms with van der Waals surface area (Å²) in [6.07, 6.45) is 0. The first-order valence-electron chi connectivity index (χ1n) is 5.34. The first-order valence-corrected chi connectivity index (χ1v) is 6.13. The maximum atomic E-state index is 13.1. The summed E-state index contributed by atoms with van der Waals surface area (Å²) >= 11 is 3.26. The van der Waals surface area contributed by atoms with Crippen molar-refractivity contribution in [1.82, 2.24) is 0 Å². The smallest absolute Gasteiger partial charge is 0.169 e. The predicted molar refractivity (Wildman–Crippen MR) is 69.6 cm³/mol. The monoisotopic (exact) mass is 297 g/mol. The van der Waals surface area contributed by atoms with Gasteiger partial charge in [-0.15, -0.1) is 0 Å². The average molecular weight is 298 g/mol. The summed E-state index contributed by atoms with van der Waals surface area (Å²) in [7, 11) is 0. The number of halogens is 2. The fourth-order valence-electron chi connectivity index (χ4n) is 1.62. The van der Waals surface area contributed by atoms with Gasteiger partial charge in [0.05, 0.1) is 6.04 Å². The third-order valence-corrected chi connectivity index (χ3v) is 3.02. The lowest BCUT2D eigenvalue weighted by atomic mass is 10.1. The summed E-state index contributed by atoms with van der Waals surface area (Å²) in [4.78, 5) is 0. The first-order chi connectivity index (χ1) is 8.06. The number of benzene rings is 1. The van der Waals surface area contributed by atoms with Crippen LogP contribution in [0.1, 0.15) is 24.3 Å². The van der Waals surface area contributed by atoms with Gasteiger partial charge in [0.15, 0.2) is 4.67 Å². The minimum absolute atomic E-state index is 0.0122. The molecule has 1 heterocycles. The van der Waals surface area contributed by atoms with E-state index in [2.05, 4.69) is 21.2 Å². The van der Waals surface area contributed by atoms with Crippen LogP contribution in [0.2, 0.25) is 0 Å². The summed E-state index contributed by atoms with van der Waals surface area (Å²) in [5.41, 5.74) is 1.79. The number of furan rings is 1. The Kier molecular flexibility index (Phi) is 3.52. The van der Waals surface area contributed by atoms with Crippen LogP contribution in [0.25, 0.3) is 0 Å². The van der Waals surface area contributed by atoms with Crippen LogP contribution in [0.3, 0.4) is 0 Å². The van der Waals surface area contributed by atoms with E-state index in [-0.39, 0.29) is 11.9 Å². The number of hydrogen-bond donors (Lipinski definition) is 1. The normalized spacial score (nSPS) is 12.5. The number of nitrogens with one attached hydrogen (secondary N) is 1. The van der Waals surface area contributed by atoms with Crippen molar-refractivity contribution < 1.29 is 8.81 Å². The summed E-state index contributed by atoms with van der Waals surface area (Å²) in [6.45, 7) is 3.90. The highest BCUT2D eigenvalue weighted by Crippen LogP contribution is 2.25. The lowest BCUT2D eigenvalue weighted by Crippen LogP contribution is -2.06. The topological polar surface area (TPSA) is 25.2 Å². The average Bonchev–Trinajstić information content (AvgIpc) is 2.70. The molecule has 0 radical (unpaired) electrons. The van der Waals surface area contributed by atoms with Crippen molar-refractivity contribution in [3.8, 4) is 0 Å². The minimum atomic E-state index is -0.245. The Bertz CT molecular complexity index is 524. The molecule has 0 aliphatic rings. The fourth-order valence-corrected chi connectivity index (χ4v) is 1.93. The Hall–Kier alpha value is -1.29. The SMILES string of the molecule is Cc1ccc(F)cc1NC(C)c1ccc(Br)o1. The molecule has 0 fully saturated rings. The van der Waals surface area contributed by atoms with Crippen molar-refractivity contribution in [3.63, 3.8) is 0 Å². The summed E-state index contributed by atoms with van der Waals surface area (Å²) in [5.74, 6) is 0.562. The van der Waals surface area contributed by atoms with Gasteiger partial charge in [-0.25, -0.2) is 4.39 Å². The van der Waals surface area contributed by atoms with Gasteiger partial charge < -0.3 is 9.73 Å². The zero-order chi connectivity index (χ0) is 12.4. The lowest BCUT2D eigenvalue weighted by molar-refractivity contribution is 0.471. The number of anilines is 1. The van der Waals surface area contributed by atoms with Crippen molar-refractivity contribution in [3.05, 3.63) is 52.1 Å². The molecule has 4 heteroatoms. The van der Waals surface area contributed by atoms with Gasteiger partial charge in [-0.05, 0) is 59.6 Å². The molecule has 2 rings (SSSR count). The summed E-state index contributed by atoms with van der Waals surface area (Å²) in [5, 5.41) is 3.23. The van der Waals surface area contributed by atoms with Crippen LogP contribution in [-0.2, 0) is 0 Å². The van der Waals surface area contributed by atoms with E-state index < -0.39 is 0 Å². The molecule has 90 valence electrons. The molecule has 1 atom stereocenters. The summed E-state index contributed by atoms with van der Waals surface area (Å²) in [6, 6.07) is 8.41. The standard InChI is InChI=1S/C13H13BrFNO/c1-8-3-4-10(15)7-11(8)16-9(2)12-5-6-13(14)17-12/h3-7,9,16H,1-2H3. The Morgan fingerprint density at radius 1 is 1.29 bits per heavy atom. The predicted octanol–water partition coefficient (Wildman–Crippen LogP) is 4.66. The van der Waals surface area contributed by atoms with E-state index in [1.165, 1.54) is 12.1 Å². The van der Waals surface area contributed by atoms with Crippen LogP contribution < -0.4 is 5.32 Å². The van der Waals surface area contributed by atoms with Crippen molar-refractivity contribution in [2.24, 2.45) is 0 Å². The molecule has 0 saturated heterocycles. The lowest BCUT2D eigenvalue weighted by Gasteiger charge is -2.15. The molecule has 1 aromatic heterocycles. The fraction of sp³-hybridized carbons (Fsp3) is 0.231. The van der Waals surface area contributed by atoms with Crippen LogP contribution in [0.15, 0.2) is 39.4 Å². The highest BCUT2D eigenvalue weighted by atomic mass is 79.9. The van der Waals surface area contributed by atoms with Gasteiger partial charge in [0, 0.05) is 5.69 Å². The molecule has 2 aromatic rings. The van der Waals surface area contributed by atoms with Gasteiger partial charge in [0.2, 0.25) is 0 Å². The van der Waals surface area contributed by atoms with E-state index in [0.29, 0.717) is 4.67 Å². The Balaban J connectivity index is 2.18. The molecule has 0 aliphatic heterocycles. The zero-order valence-corrected chi connectivity index (χ0v) is 11.2. The highest BCUT2D eigenvalue weighted by Gasteiger charge is 2.11. The molecule has 0 amide bonds. The molecule has 1 N–H and O–H groups in total. The number of hydrogen-bond acceptors (Lipinski definition) is 2. The molecule has 0 saturated carbocycles. The second-order valence-electron chi connectivity index (χ2n) is 3.97. The van der Waals surface area contributed by atoms with E-state index in [9.17, 15) is 4.39 Å². The molecule has 0 bridgehead atoms. The molecule has 1 aromatic carbocycles. The molecule has 0 aliphatic carbocycles. The van der Waals surface area contributed by atoms with Crippen LogP contribution in [0, 0.1) is 12.7 Å². The van der Waals surface area contributed by atoms with Crippen LogP contribution in [0.4, 0.5) is 10.1 Å². The third kappa shape index (κ3) is 2.88. The van der Waals surface area contributed by atoms with E-state index in [0.717, 1.165) is 17.0 Å². The number of rotatable bonds is 3. The molecule has 17 heavy (non-hydrogen) atoms. The highest BCUT2D eigenvalue weighted by molar-refractivity contribution is 9.10. The second-order valence-corrected chi connectivity index (χ2v) is 4.75. The maximum absolute atomic E-state index is 13.1. The summed E-state index contributed by atoms with van der Waals surface area (Å²) < 4.78 is 19.3. The third-order valence-electron chi connectivity index (χ3n) is 2.59. The largest absolute Gasteiger partial charge is 0.452 e. The zero-order valence-electron chi connectivity index (χ0n) is 9.63. The minimum Gasteiger partial charge on any atom is -0.452 e. The van der Waals surface area contributed by atoms with Crippen molar-refractivity contribution in [2.45, 2.75) is 19.9 Å². The van der Waals surface area contributed by atoms with Crippen molar-refractivity contribution in [2.75, 3.05) is 5.32 Å².